The quantitative estimate of drug-likeness (QED) is 0.357. The minimum atomic E-state index is -2.54. The van der Waals surface area contributed by atoms with Crippen molar-refractivity contribution < 1.29 is 31.2 Å². The highest BCUT2D eigenvalue weighted by Gasteiger charge is 2.20. The lowest BCUT2D eigenvalue weighted by Crippen LogP contribution is -2.25. The number of esters is 2. The number of hydrogen-bond acceptors (Lipinski definition) is 7. The molecule has 0 aromatic carbocycles. The van der Waals surface area contributed by atoms with E-state index >= 15 is 0 Å². The van der Waals surface area contributed by atoms with Gasteiger partial charge in [0.1, 0.15) is 0 Å². The first-order valence-corrected chi connectivity index (χ1v) is 6.63. The zero-order valence-corrected chi connectivity index (χ0v) is 10.6. The van der Waals surface area contributed by atoms with Gasteiger partial charge in [-0.15, -0.1) is 0 Å². The minimum absolute atomic E-state index is 0.662. The van der Waals surface area contributed by atoms with Gasteiger partial charge in [0, 0.05) is 10.7 Å². The molecule has 0 aliphatic rings. The van der Waals surface area contributed by atoms with Gasteiger partial charge in [-0.05, 0) is 13.8 Å². The van der Waals surface area contributed by atoms with Crippen LogP contribution in [0.15, 0.2) is 0 Å². The van der Waals surface area contributed by atoms with E-state index in [0.29, 0.717) is 10.7 Å². The van der Waals surface area contributed by atoms with E-state index in [9.17, 15) is 26.4 Å². The van der Waals surface area contributed by atoms with E-state index in [2.05, 4.69) is 4.74 Å². The lowest BCUT2D eigenvalue weighted by Gasteiger charge is -2.06. The molecule has 0 saturated heterocycles. The molecule has 0 aromatic rings. The number of carbonyl (C=O) groups is 2. The third-order valence-corrected chi connectivity index (χ3v) is 2.84. The highest BCUT2D eigenvalue weighted by atomic mass is 32.2. The predicted octanol–water partition coefficient (Wildman–Crippen LogP) is -1.31. The maximum atomic E-state index is 11.2. The van der Waals surface area contributed by atoms with Gasteiger partial charge in [0.2, 0.25) is 20.6 Å². The molecule has 2 atom stereocenters. The number of ether oxygens (including phenoxy) is 1. The van der Waals surface area contributed by atoms with Crippen LogP contribution in [0.2, 0.25) is 0 Å². The summed E-state index contributed by atoms with van der Waals surface area (Å²) in [6.07, 6.45) is 0. The third-order valence-electron chi connectivity index (χ3n) is 1.58. The smallest absolute Gasteiger partial charge is 0.321 e. The maximum absolute atomic E-state index is 11.2. The highest BCUT2D eigenvalue weighted by Crippen LogP contribution is 2.00. The van der Waals surface area contributed by atoms with Gasteiger partial charge in [-0.1, -0.05) is 0 Å². The molecule has 17 heavy (non-hydrogen) atoms. The third kappa shape index (κ3) is 6.64. The van der Waals surface area contributed by atoms with Crippen LogP contribution in [0, 0.1) is 11.8 Å². The Labute approximate surface area is 100 Å². The van der Waals surface area contributed by atoms with Crippen molar-refractivity contribution in [1.82, 2.24) is 0 Å². The summed E-state index contributed by atoms with van der Waals surface area (Å²) in [6.45, 7) is 2.46. The number of carbonyl (C=O) groups excluding carboxylic acids is 2. The summed E-state index contributed by atoms with van der Waals surface area (Å²) in [7, 11) is -5.09. The fraction of sp³-hybridized carbons (Fsp3) is 0.500. The molecule has 0 aliphatic carbocycles. The van der Waals surface area contributed by atoms with Gasteiger partial charge in [-0.3, -0.25) is 9.59 Å². The molecule has 0 aromatic heterocycles. The lowest BCUT2D eigenvalue weighted by molar-refractivity contribution is -0.161. The first-order chi connectivity index (χ1) is 7.73. The van der Waals surface area contributed by atoms with E-state index in [4.69, 9.17) is 0 Å². The second-order valence-electron chi connectivity index (χ2n) is 3.11. The summed E-state index contributed by atoms with van der Waals surface area (Å²) in [5.41, 5.74) is 0. The average Bonchev–Trinajstić information content (AvgIpc) is 2.15. The topological polar surface area (TPSA) is 112 Å². The van der Waals surface area contributed by atoms with Crippen molar-refractivity contribution >= 4 is 43.3 Å². The van der Waals surface area contributed by atoms with Gasteiger partial charge < -0.3 is 4.74 Å². The van der Waals surface area contributed by atoms with E-state index in [1.807, 2.05) is 0 Å². The fourth-order valence-electron chi connectivity index (χ4n) is 0.729. The predicted molar refractivity (Wildman–Crippen MR) is 59.4 cm³/mol. The lowest BCUT2D eigenvalue weighted by atomic mass is 10.2. The molecule has 0 fully saturated rings. The second-order valence-corrected chi connectivity index (χ2v) is 4.70. The molecule has 0 N–H and O–H groups in total. The Hall–Kier alpha value is -1.48. The summed E-state index contributed by atoms with van der Waals surface area (Å²) < 4.78 is 45.3. The molecule has 0 heterocycles. The maximum Gasteiger partial charge on any atom is 0.321 e. The zero-order chi connectivity index (χ0) is 13.6. The Bertz CT molecular complexity index is 499. The van der Waals surface area contributed by atoms with Crippen LogP contribution in [0.5, 0.6) is 0 Å². The largest absolute Gasteiger partial charge is 0.392 e. The van der Waals surface area contributed by atoms with Crippen molar-refractivity contribution in [3.05, 3.63) is 0 Å². The van der Waals surface area contributed by atoms with Crippen LogP contribution in [0.1, 0.15) is 13.8 Å². The molecular weight excluding hydrogens is 272 g/mol. The van der Waals surface area contributed by atoms with Crippen LogP contribution in [0.4, 0.5) is 0 Å². The Balaban J connectivity index is 4.66. The molecule has 2 unspecified atom stereocenters. The monoisotopic (exact) mass is 282 g/mol. The van der Waals surface area contributed by atoms with Crippen LogP contribution in [-0.4, -0.2) is 39.5 Å². The van der Waals surface area contributed by atoms with Crippen LogP contribution < -0.4 is 0 Å². The summed E-state index contributed by atoms with van der Waals surface area (Å²) in [6, 6.07) is 0. The molecule has 96 valence electrons. The molecule has 0 rings (SSSR count). The van der Waals surface area contributed by atoms with Gasteiger partial charge in [0.15, 0.2) is 0 Å². The average molecular weight is 282 g/mol. The summed E-state index contributed by atoms with van der Waals surface area (Å²) in [4.78, 5) is 22.3. The molecule has 0 saturated carbocycles. The number of hydrogen-bond donors (Lipinski definition) is 0. The normalized spacial score (nSPS) is 13.1. The van der Waals surface area contributed by atoms with Gasteiger partial charge in [-0.25, -0.2) is 0 Å². The molecular formula is C8H10O7S2. The fourth-order valence-corrected chi connectivity index (χ4v) is 1.62. The van der Waals surface area contributed by atoms with Crippen LogP contribution in [-0.2, 0) is 34.9 Å². The van der Waals surface area contributed by atoms with Crippen molar-refractivity contribution in [1.29, 1.82) is 0 Å². The molecule has 0 amide bonds. The van der Waals surface area contributed by atoms with E-state index < -0.39 is 44.4 Å². The van der Waals surface area contributed by atoms with Gasteiger partial charge >= 0.3 is 11.9 Å². The second kappa shape index (κ2) is 6.97. The van der Waals surface area contributed by atoms with E-state index in [-0.39, 0.29) is 0 Å². The Morgan fingerprint density at radius 1 is 0.882 bits per heavy atom. The Morgan fingerprint density at radius 2 is 1.18 bits per heavy atom. The first-order valence-electron chi connectivity index (χ1n) is 4.35. The van der Waals surface area contributed by atoms with Gasteiger partial charge in [0.25, 0.3) is 0 Å². The van der Waals surface area contributed by atoms with Crippen LogP contribution >= 0.6 is 0 Å². The summed E-state index contributed by atoms with van der Waals surface area (Å²) in [5.74, 6) is -4.34. The molecule has 0 radical (unpaired) electrons. The minimum Gasteiger partial charge on any atom is -0.392 e. The van der Waals surface area contributed by atoms with Crippen molar-refractivity contribution in [2.45, 2.75) is 13.8 Å². The SMILES string of the molecule is CC(C=S(=O)=O)C(=O)OC(=O)C(C)C=S(=O)=O. The zero-order valence-electron chi connectivity index (χ0n) is 8.98. The molecule has 7 nitrogen and oxygen atoms in total. The van der Waals surface area contributed by atoms with Crippen molar-refractivity contribution in [2.24, 2.45) is 11.8 Å². The number of rotatable bonds is 4. The highest BCUT2D eigenvalue weighted by molar-refractivity contribution is 7.71. The molecule has 0 bridgehead atoms. The van der Waals surface area contributed by atoms with Crippen LogP contribution in [0.25, 0.3) is 0 Å². The first kappa shape index (κ1) is 15.5. The van der Waals surface area contributed by atoms with Gasteiger partial charge in [-0.2, -0.15) is 16.8 Å². The summed E-state index contributed by atoms with van der Waals surface area (Å²) in [5, 5.41) is 1.32. The molecule has 0 aliphatic heterocycles. The van der Waals surface area contributed by atoms with Gasteiger partial charge in [0.05, 0.1) is 11.8 Å². The molecule has 9 heteroatoms. The van der Waals surface area contributed by atoms with E-state index in [1.54, 1.807) is 0 Å². The summed E-state index contributed by atoms with van der Waals surface area (Å²) >= 11 is 0. The van der Waals surface area contributed by atoms with Crippen molar-refractivity contribution in [3.8, 4) is 0 Å². The van der Waals surface area contributed by atoms with Crippen LogP contribution in [0.3, 0.4) is 0 Å². The van der Waals surface area contributed by atoms with Crippen molar-refractivity contribution in [2.75, 3.05) is 0 Å². The van der Waals surface area contributed by atoms with E-state index in [1.165, 1.54) is 13.8 Å². The Kier molecular flexibility index (Phi) is 6.36. The Morgan fingerprint density at radius 3 is 1.41 bits per heavy atom. The van der Waals surface area contributed by atoms with Crippen molar-refractivity contribution in [3.63, 3.8) is 0 Å². The van der Waals surface area contributed by atoms with E-state index in [0.717, 1.165) is 0 Å². The standard InChI is InChI=1S/C8H10O7S2/c1-5(3-16(11)12)7(9)15-8(10)6(2)4-17(13)14/h3-6H,1-2H3. The molecule has 0 spiro atoms.